The number of nitrogens with one attached hydrogen (secondary N) is 1. The van der Waals surface area contributed by atoms with Crippen LogP contribution in [0.5, 0.6) is 5.75 Å². The molecule has 0 spiro atoms. The maximum atomic E-state index is 12.2. The van der Waals surface area contributed by atoms with E-state index in [-0.39, 0.29) is 24.9 Å². The van der Waals surface area contributed by atoms with E-state index in [1.165, 1.54) is 4.31 Å². The Bertz CT molecular complexity index is 631. The minimum absolute atomic E-state index is 0.0594. The van der Waals surface area contributed by atoms with E-state index in [2.05, 4.69) is 5.32 Å². The van der Waals surface area contributed by atoms with E-state index in [4.69, 9.17) is 4.74 Å². The Labute approximate surface area is 145 Å². The maximum absolute atomic E-state index is 12.2. The molecule has 1 amide bonds. The Hall–Kier alpha value is -1.76. The Morgan fingerprint density at radius 1 is 1.29 bits per heavy atom. The molecule has 0 saturated heterocycles. The van der Waals surface area contributed by atoms with Gasteiger partial charge in [-0.25, -0.2) is 8.42 Å². The molecule has 0 fully saturated rings. The number of hydrogen-bond donors (Lipinski definition) is 1. The van der Waals surface area contributed by atoms with Crippen molar-refractivity contribution >= 4 is 21.6 Å². The molecule has 0 aliphatic rings. The van der Waals surface area contributed by atoms with Crippen molar-refractivity contribution in [3.05, 3.63) is 24.3 Å². The van der Waals surface area contributed by atoms with Crippen LogP contribution in [0.15, 0.2) is 24.3 Å². The van der Waals surface area contributed by atoms with Gasteiger partial charge in [-0.1, -0.05) is 19.1 Å². The highest BCUT2D eigenvalue weighted by Crippen LogP contribution is 2.30. The van der Waals surface area contributed by atoms with Gasteiger partial charge in [-0.15, -0.1) is 0 Å². The van der Waals surface area contributed by atoms with Crippen molar-refractivity contribution in [1.82, 2.24) is 5.32 Å². The third-order valence-corrected chi connectivity index (χ3v) is 4.80. The molecule has 136 valence electrons. The van der Waals surface area contributed by atoms with E-state index in [0.29, 0.717) is 24.5 Å². The van der Waals surface area contributed by atoms with Crippen molar-refractivity contribution in [3.63, 3.8) is 0 Å². The molecule has 0 heterocycles. The second kappa shape index (κ2) is 9.52. The zero-order chi connectivity index (χ0) is 18.2. The average Bonchev–Trinajstić information content (AvgIpc) is 2.51. The highest BCUT2D eigenvalue weighted by atomic mass is 32.2. The first kappa shape index (κ1) is 20.3. The summed E-state index contributed by atoms with van der Waals surface area (Å²) >= 11 is 0. The van der Waals surface area contributed by atoms with Crippen LogP contribution >= 0.6 is 0 Å². The Morgan fingerprint density at radius 2 is 1.96 bits per heavy atom. The number of para-hydroxylation sites is 2. The van der Waals surface area contributed by atoms with Gasteiger partial charge in [-0.05, 0) is 38.8 Å². The lowest BCUT2D eigenvalue weighted by Crippen LogP contribution is -2.34. The van der Waals surface area contributed by atoms with Crippen molar-refractivity contribution in [2.45, 2.75) is 46.1 Å². The van der Waals surface area contributed by atoms with Crippen LogP contribution in [0.3, 0.4) is 0 Å². The third-order valence-electron chi connectivity index (χ3n) is 3.62. The second-order valence-corrected chi connectivity index (χ2v) is 7.62. The molecule has 7 heteroatoms. The first-order chi connectivity index (χ1) is 11.3. The number of anilines is 1. The van der Waals surface area contributed by atoms with Crippen molar-refractivity contribution < 1.29 is 17.9 Å². The Kier molecular flexibility index (Phi) is 8.04. The molecule has 0 aliphatic carbocycles. The maximum Gasteiger partial charge on any atom is 0.232 e. The van der Waals surface area contributed by atoms with Crippen LogP contribution in [-0.4, -0.2) is 39.8 Å². The number of benzene rings is 1. The lowest BCUT2D eigenvalue weighted by Gasteiger charge is -2.24. The lowest BCUT2D eigenvalue weighted by molar-refractivity contribution is -0.121. The summed E-state index contributed by atoms with van der Waals surface area (Å²) in [5.74, 6) is 0.463. The standard InChI is InChI=1S/C17H28N2O4S/c1-5-14(3)18-17(20)12-9-13-19(24(4,21)22)15-10-7-8-11-16(15)23-6-2/h7-8,10-11,14H,5-6,9,12-13H2,1-4H3,(H,18,20). The van der Waals surface area contributed by atoms with Crippen LogP contribution in [0.25, 0.3) is 0 Å². The number of nitrogens with zero attached hydrogens (tertiary/aromatic N) is 1. The van der Waals surface area contributed by atoms with E-state index in [0.717, 1.165) is 12.7 Å². The summed E-state index contributed by atoms with van der Waals surface area (Å²) in [6.45, 7) is 6.48. The van der Waals surface area contributed by atoms with E-state index >= 15 is 0 Å². The molecule has 1 aromatic carbocycles. The highest BCUT2D eigenvalue weighted by Gasteiger charge is 2.21. The summed E-state index contributed by atoms with van der Waals surface area (Å²) in [4.78, 5) is 11.8. The van der Waals surface area contributed by atoms with Crippen LogP contribution in [0, 0.1) is 0 Å². The summed E-state index contributed by atoms with van der Waals surface area (Å²) in [5.41, 5.74) is 0.504. The monoisotopic (exact) mass is 356 g/mol. The minimum atomic E-state index is -3.46. The molecule has 1 aromatic rings. The molecule has 1 N–H and O–H groups in total. The molecular weight excluding hydrogens is 328 g/mol. The zero-order valence-electron chi connectivity index (χ0n) is 14.9. The van der Waals surface area contributed by atoms with Gasteiger partial charge >= 0.3 is 0 Å². The van der Waals surface area contributed by atoms with Gasteiger partial charge in [-0.2, -0.15) is 0 Å². The largest absolute Gasteiger partial charge is 0.492 e. The van der Waals surface area contributed by atoms with Crippen molar-refractivity contribution in [2.75, 3.05) is 23.7 Å². The van der Waals surface area contributed by atoms with Crippen molar-refractivity contribution in [2.24, 2.45) is 0 Å². The molecule has 1 atom stereocenters. The molecule has 0 saturated carbocycles. The molecule has 1 rings (SSSR count). The van der Waals surface area contributed by atoms with Gasteiger partial charge in [0.2, 0.25) is 15.9 Å². The fourth-order valence-corrected chi connectivity index (χ4v) is 3.21. The van der Waals surface area contributed by atoms with Crippen molar-refractivity contribution in [1.29, 1.82) is 0 Å². The smallest absolute Gasteiger partial charge is 0.232 e. The first-order valence-corrected chi connectivity index (χ1v) is 10.1. The fraction of sp³-hybridized carbons (Fsp3) is 0.588. The molecule has 0 aliphatic heterocycles. The van der Waals surface area contributed by atoms with E-state index < -0.39 is 10.0 Å². The fourth-order valence-electron chi connectivity index (χ4n) is 2.24. The van der Waals surface area contributed by atoms with Gasteiger partial charge in [0.1, 0.15) is 5.75 Å². The number of carbonyl (C=O) groups excluding carboxylic acids is 1. The average molecular weight is 356 g/mol. The number of rotatable bonds is 10. The molecule has 6 nitrogen and oxygen atoms in total. The SMILES string of the molecule is CCOc1ccccc1N(CCCC(=O)NC(C)CC)S(C)(=O)=O. The van der Waals surface area contributed by atoms with E-state index in [1.54, 1.807) is 24.3 Å². The number of hydrogen-bond acceptors (Lipinski definition) is 4. The quantitative estimate of drug-likeness (QED) is 0.699. The lowest BCUT2D eigenvalue weighted by atomic mass is 10.2. The summed E-state index contributed by atoms with van der Waals surface area (Å²) in [5, 5.41) is 2.88. The van der Waals surface area contributed by atoms with Crippen LogP contribution in [0.4, 0.5) is 5.69 Å². The van der Waals surface area contributed by atoms with Crippen LogP contribution in [0.2, 0.25) is 0 Å². The predicted molar refractivity (Wildman–Crippen MR) is 96.9 cm³/mol. The topological polar surface area (TPSA) is 75.7 Å². The summed E-state index contributed by atoms with van der Waals surface area (Å²) < 4.78 is 31.1. The Balaban J connectivity index is 2.80. The van der Waals surface area contributed by atoms with Gasteiger partial charge in [0.15, 0.2) is 0 Å². The molecular formula is C17H28N2O4S. The predicted octanol–water partition coefficient (Wildman–Crippen LogP) is 2.55. The summed E-state index contributed by atoms with van der Waals surface area (Å²) in [6.07, 6.45) is 2.75. The molecule has 1 unspecified atom stereocenters. The van der Waals surface area contributed by atoms with Gasteiger partial charge in [0.25, 0.3) is 0 Å². The van der Waals surface area contributed by atoms with Crippen LogP contribution in [0.1, 0.15) is 40.0 Å². The summed E-state index contributed by atoms with van der Waals surface area (Å²) in [7, 11) is -3.46. The molecule has 0 radical (unpaired) electrons. The second-order valence-electron chi connectivity index (χ2n) is 5.72. The molecule has 24 heavy (non-hydrogen) atoms. The third kappa shape index (κ3) is 6.39. The van der Waals surface area contributed by atoms with Gasteiger partial charge in [-0.3, -0.25) is 9.10 Å². The molecule has 0 bridgehead atoms. The first-order valence-electron chi connectivity index (χ1n) is 8.28. The summed E-state index contributed by atoms with van der Waals surface area (Å²) in [6, 6.07) is 7.15. The highest BCUT2D eigenvalue weighted by molar-refractivity contribution is 7.92. The normalized spacial score (nSPS) is 12.5. The van der Waals surface area contributed by atoms with Gasteiger partial charge in [0.05, 0.1) is 18.6 Å². The number of sulfonamides is 1. The van der Waals surface area contributed by atoms with E-state index in [1.807, 2.05) is 20.8 Å². The van der Waals surface area contributed by atoms with Crippen LogP contribution in [-0.2, 0) is 14.8 Å². The minimum Gasteiger partial charge on any atom is -0.492 e. The molecule has 0 aromatic heterocycles. The zero-order valence-corrected chi connectivity index (χ0v) is 15.7. The number of ether oxygens (including phenoxy) is 1. The van der Waals surface area contributed by atoms with Crippen LogP contribution < -0.4 is 14.4 Å². The van der Waals surface area contributed by atoms with Gasteiger partial charge < -0.3 is 10.1 Å². The number of amides is 1. The van der Waals surface area contributed by atoms with Gasteiger partial charge in [0, 0.05) is 19.0 Å². The van der Waals surface area contributed by atoms with E-state index in [9.17, 15) is 13.2 Å². The van der Waals surface area contributed by atoms with Crippen molar-refractivity contribution in [3.8, 4) is 5.75 Å². The number of carbonyl (C=O) groups is 1. The Morgan fingerprint density at radius 3 is 2.54 bits per heavy atom.